The lowest BCUT2D eigenvalue weighted by molar-refractivity contribution is -0.149. The SMILES string of the molecule is CCCN(Cc1cccn1Cc1ccc(C(=O)N2CCC(C(=O)OCC)CC2)o1)C(=O)COC. The molecule has 0 saturated carbocycles. The van der Waals surface area contributed by atoms with Crippen molar-refractivity contribution in [3.05, 3.63) is 47.7 Å². The Bertz CT molecular complexity index is 958. The Kier molecular flexibility index (Phi) is 9.33. The second-order valence-corrected chi connectivity index (χ2v) is 8.46. The summed E-state index contributed by atoms with van der Waals surface area (Å²) in [5.74, 6) is 0.411. The van der Waals surface area contributed by atoms with Gasteiger partial charge in [-0.2, -0.15) is 0 Å². The summed E-state index contributed by atoms with van der Waals surface area (Å²) < 4.78 is 18.0. The van der Waals surface area contributed by atoms with Crippen molar-refractivity contribution >= 4 is 17.8 Å². The fraction of sp³-hybridized carbons (Fsp3) is 0.560. The van der Waals surface area contributed by atoms with Gasteiger partial charge in [0.05, 0.1) is 25.6 Å². The van der Waals surface area contributed by atoms with Gasteiger partial charge in [-0.15, -0.1) is 0 Å². The molecule has 2 amide bonds. The fourth-order valence-electron chi connectivity index (χ4n) is 4.20. The third-order valence-electron chi connectivity index (χ3n) is 5.99. The largest absolute Gasteiger partial charge is 0.466 e. The van der Waals surface area contributed by atoms with Crippen LogP contribution in [0.2, 0.25) is 0 Å². The Morgan fingerprint density at radius 1 is 1.15 bits per heavy atom. The van der Waals surface area contributed by atoms with Gasteiger partial charge in [0.25, 0.3) is 5.91 Å². The monoisotopic (exact) mass is 473 g/mol. The molecule has 1 saturated heterocycles. The van der Waals surface area contributed by atoms with Crippen LogP contribution in [0, 0.1) is 5.92 Å². The molecule has 0 N–H and O–H groups in total. The van der Waals surface area contributed by atoms with Crippen LogP contribution in [-0.2, 0) is 32.2 Å². The summed E-state index contributed by atoms with van der Waals surface area (Å²) in [6.45, 7) is 6.85. The van der Waals surface area contributed by atoms with Crippen molar-refractivity contribution in [2.24, 2.45) is 5.92 Å². The predicted octanol–water partition coefficient (Wildman–Crippen LogP) is 2.93. The summed E-state index contributed by atoms with van der Waals surface area (Å²) in [7, 11) is 1.52. The zero-order chi connectivity index (χ0) is 24.5. The molecule has 1 fully saturated rings. The first-order chi connectivity index (χ1) is 16.5. The summed E-state index contributed by atoms with van der Waals surface area (Å²) in [6.07, 6.45) is 3.99. The molecule has 9 heteroatoms. The van der Waals surface area contributed by atoms with Gasteiger partial charge in [0, 0.05) is 38.6 Å². The molecule has 0 unspecified atom stereocenters. The Morgan fingerprint density at radius 2 is 1.91 bits per heavy atom. The first-order valence-corrected chi connectivity index (χ1v) is 11.9. The van der Waals surface area contributed by atoms with Gasteiger partial charge in [0.15, 0.2) is 5.76 Å². The summed E-state index contributed by atoms with van der Waals surface area (Å²) in [5, 5.41) is 0. The molecule has 1 aliphatic rings. The van der Waals surface area contributed by atoms with Gasteiger partial charge in [0.2, 0.25) is 5.91 Å². The minimum Gasteiger partial charge on any atom is -0.466 e. The number of aromatic nitrogens is 1. The number of nitrogens with zero attached hydrogens (tertiary/aromatic N) is 3. The van der Waals surface area contributed by atoms with Crippen LogP contribution >= 0.6 is 0 Å². The van der Waals surface area contributed by atoms with E-state index in [0.717, 1.165) is 12.1 Å². The number of esters is 1. The van der Waals surface area contributed by atoms with Crippen molar-refractivity contribution in [2.75, 3.05) is 40.0 Å². The number of amides is 2. The zero-order valence-electron chi connectivity index (χ0n) is 20.3. The number of carbonyl (C=O) groups is 3. The molecule has 0 radical (unpaired) electrons. The van der Waals surface area contributed by atoms with Crippen LogP contribution in [0.5, 0.6) is 0 Å². The highest BCUT2D eigenvalue weighted by atomic mass is 16.5. The van der Waals surface area contributed by atoms with E-state index in [-0.39, 0.29) is 30.3 Å². The Morgan fingerprint density at radius 3 is 2.59 bits per heavy atom. The van der Waals surface area contributed by atoms with E-state index >= 15 is 0 Å². The maximum atomic E-state index is 12.9. The highest BCUT2D eigenvalue weighted by molar-refractivity contribution is 5.91. The van der Waals surface area contributed by atoms with Gasteiger partial charge in [-0.1, -0.05) is 6.92 Å². The number of methoxy groups -OCH3 is 1. The lowest BCUT2D eigenvalue weighted by atomic mass is 9.97. The van der Waals surface area contributed by atoms with E-state index in [2.05, 4.69) is 0 Å². The van der Waals surface area contributed by atoms with E-state index in [1.54, 1.807) is 22.8 Å². The van der Waals surface area contributed by atoms with Crippen LogP contribution in [-0.4, -0.2) is 72.1 Å². The van der Waals surface area contributed by atoms with E-state index in [9.17, 15) is 14.4 Å². The second kappa shape index (κ2) is 12.4. The predicted molar refractivity (Wildman–Crippen MR) is 125 cm³/mol. The average molecular weight is 474 g/mol. The molecule has 0 spiro atoms. The number of ether oxygens (including phenoxy) is 2. The number of carbonyl (C=O) groups excluding carboxylic acids is 3. The van der Waals surface area contributed by atoms with Gasteiger partial charge < -0.3 is 28.3 Å². The van der Waals surface area contributed by atoms with Gasteiger partial charge >= 0.3 is 5.97 Å². The molecule has 9 nitrogen and oxygen atoms in total. The molecule has 2 aromatic heterocycles. The van der Waals surface area contributed by atoms with Crippen molar-refractivity contribution in [2.45, 2.75) is 46.2 Å². The molecular weight excluding hydrogens is 438 g/mol. The molecule has 0 aliphatic carbocycles. The van der Waals surface area contributed by atoms with Crippen LogP contribution in [0.4, 0.5) is 0 Å². The number of furan rings is 1. The van der Waals surface area contributed by atoms with E-state index < -0.39 is 0 Å². The van der Waals surface area contributed by atoms with Crippen molar-refractivity contribution in [3.63, 3.8) is 0 Å². The molecule has 0 atom stereocenters. The lowest BCUT2D eigenvalue weighted by Crippen LogP contribution is -2.40. The maximum absolute atomic E-state index is 12.9. The zero-order valence-corrected chi connectivity index (χ0v) is 20.3. The highest BCUT2D eigenvalue weighted by Crippen LogP contribution is 2.22. The molecule has 186 valence electrons. The van der Waals surface area contributed by atoms with Crippen LogP contribution in [0.25, 0.3) is 0 Å². The van der Waals surface area contributed by atoms with E-state index in [0.29, 0.717) is 63.7 Å². The van der Waals surface area contributed by atoms with Crippen molar-refractivity contribution in [1.82, 2.24) is 14.4 Å². The number of likely N-dealkylation sites (tertiary alicyclic amines) is 1. The third kappa shape index (κ3) is 6.50. The molecule has 0 bridgehead atoms. The minimum absolute atomic E-state index is 0.0466. The van der Waals surface area contributed by atoms with E-state index in [1.165, 1.54) is 7.11 Å². The fourth-order valence-corrected chi connectivity index (χ4v) is 4.20. The molecule has 3 heterocycles. The molecule has 0 aromatic carbocycles. The summed E-state index contributed by atoms with van der Waals surface area (Å²) in [5.41, 5.74) is 0.975. The van der Waals surface area contributed by atoms with Crippen LogP contribution in [0.15, 0.2) is 34.9 Å². The molecular formula is C25H35N3O6. The van der Waals surface area contributed by atoms with E-state index in [1.807, 2.05) is 35.9 Å². The number of hydrogen-bond acceptors (Lipinski definition) is 6. The van der Waals surface area contributed by atoms with Gasteiger partial charge in [-0.3, -0.25) is 14.4 Å². The smallest absolute Gasteiger partial charge is 0.309 e. The highest BCUT2D eigenvalue weighted by Gasteiger charge is 2.29. The first kappa shape index (κ1) is 25.6. The number of hydrogen-bond donors (Lipinski definition) is 0. The van der Waals surface area contributed by atoms with Gasteiger partial charge in [0.1, 0.15) is 12.4 Å². The molecule has 3 rings (SSSR count). The van der Waals surface area contributed by atoms with Crippen molar-refractivity contribution < 1.29 is 28.3 Å². The molecule has 2 aromatic rings. The average Bonchev–Trinajstić information content (AvgIpc) is 3.48. The van der Waals surface area contributed by atoms with Crippen LogP contribution in [0.1, 0.15) is 55.1 Å². The summed E-state index contributed by atoms with van der Waals surface area (Å²) in [4.78, 5) is 40.7. The quantitative estimate of drug-likeness (QED) is 0.466. The minimum atomic E-state index is -0.182. The standard InChI is InChI=1S/C25H35N3O6/c1-4-12-28(23(29)18-32-3)16-20-7-6-13-27(20)17-21-8-9-22(34-21)24(30)26-14-10-19(11-15-26)25(31)33-5-2/h6-9,13,19H,4-5,10-12,14-18H2,1-3H3. The number of rotatable bonds is 11. The van der Waals surface area contributed by atoms with Crippen LogP contribution in [0.3, 0.4) is 0 Å². The van der Waals surface area contributed by atoms with Crippen LogP contribution < -0.4 is 0 Å². The van der Waals surface area contributed by atoms with Gasteiger partial charge in [-0.05, 0) is 50.5 Å². The third-order valence-corrected chi connectivity index (χ3v) is 5.99. The van der Waals surface area contributed by atoms with Crippen molar-refractivity contribution in [3.8, 4) is 0 Å². The number of piperidine rings is 1. The second-order valence-electron chi connectivity index (χ2n) is 8.46. The van der Waals surface area contributed by atoms with Crippen molar-refractivity contribution in [1.29, 1.82) is 0 Å². The topological polar surface area (TPSA) is 94.2 Å². The molecule has 1 aliphatic heterocycles. The summed E-state index contributed by atoms with van der Waals surface area (Å²) in [6, 6.07) is 7.42. The normalized spacial score (nSPS) is 14.3. The molecule has 34 heavy (non-hydrogen) atoms. The summed E-state index contributed by atoms with van der Waals surface area (Å²) >= 11 is 0. The Labute approximate surface area is 200 Å². The maximum Gasteiger partial charge on any atom is 0.309 e. The first-order valence-electron chi connectivity index (χ1n) is 11.9. The van der Waals surface area contributed by atoms with Gasteiger partial charge in [-0.25, -0.2) is 0 Å². The lowest BCUT2D eigenvalue weighted by Gasteiger charge is -2.30. The Hall–Kier alpha value is -3.07. The van der Waals surface area contributed by atoms with E-state index in [4.69, 9.17) is 13.9 Å². The Balaban J connectivity index is 1.59.